The summed E-state index contributed by atoms with van der Waals surface area (Å²) in [6.45, 7) is 10.9. The summed E-state index contributed by atoms with van der Waals surface area (Å²) >= 11 is 0. The lowest BCUT2D eigenvalue weighted by molar-refractivity contribution is -0.140. The van der Waals surface area contributed by atoms with Crippen LogP contribution in [0.1, 0.15) is 64.7 Å². The highest BCUT2D eigenvalue weighted by Gasteiger charge is 2.58. The fraction of sp³-hybridized carbons (Fsp3) is 0.400. The molecular weight excluding hydrogens is 723 g/mol. The molecule has 3 aromatic carbocycles. The van der Waals surface area contributed by atoms with Crippen LogP contribution in [0.3, 0.4) is 0 Å². The fourth-order valence-corrected chi connectivity index (χ4v) is 7.37. The lowest BCUT2D eigenvalue weighted by Gasteiger charge is -2.52. The number of methoxy groups -OCH3 is 1. The van der Waals surface area contributed by atoms with E-state index in [0.29, 0.717) is 6.42 Å². The Morgan fingerprint density at radius 3 is 1.84 bits per heavy atom. The number of pyridine rings is 1. The molecule has 0 bridgehead atoms. The number of benzene rings is 3. The normalized spacial score (nSPS) is 13.3. The van der Waals surface area contributed by atoms with Gasteiger partial charge in [0.05, 0.1) is 24.9 Å². The molecule has 3 unspecified atom stereocenters. The minimum Gasteiger partial charge on any atom is -0.453 e. The predicted octanol–water partition coefficient (Wildman–Crippen LogP) is 6.37. The van der Waals surface area contributed by atoms with Crippen LogP contribution in [0.25, 0.3) is 11.3 Å². The van der Waals surface area contributed by atoms with E-state index in [9.17, 15) is 24.3 Å². The SMILES string of the molecule is COC(=O)NC(C(=O)NC(Cc1ccc(-c2ccccn2)cc1)CC(O)C(Cc1ccccc1)NC(=O)COC(=O)NCc1ccccc1)(C(C)(C)C)C(C)(C)C. The number of carbonyl (C=O) groups excluding carboxylic acids is 4. The molecule has 5 N–H and O–H groups in total. The van der Waals surface area contributed by atoms with Crippen LogP contribution in [0.15, 0.2) is 109 Å². The van der Waals surface area contributed by atoms with Gasteiger partial charge in [0.15, 0.2) is 6.61 Å². The summed E-state index contributed by atoms with van der Waals surface area (Å²) in [7, 11) is 1.25. The van der Waals surface area contributed by atoms with Crippen molar-refractivity contribution in [3.63, 3.8) is 0 Å². The number of aliphatic hydroxyl groups is 1. The van der Waals surface area contributed by atoms with Crippen molar-refractivity contribution in [2.45, 2.75) is 91.1 Å². The second kappa shape index (κ2) is 19.9. The van der Waals surface area contributed by atoms with Gasteiger partial charge in [-0.1, -0.05) is 133 Å². The van der Waals surface area contributed by atoms with Gasteiger partial charge in [-0.15, -0.1) is 0 Å². The zero-order chi connectivity index (χ0) is 41.6. The van der Waals surface area contributed by atoms with E-state index in [1.165, 1.54) is 7.11 Å². The van der Waals surface area contributed by atoms with Crippen molar-refractivity contribution in [2.24, 2.45) is 10.8 Å². The predicted molar refractivity (Wildman–Crippen MR) is 220 cm³/mol. The van der Waals surface area contributed by atoms with Gasteiger partial charge in [0.25, 0.3) is 5.91 Å². The van der Waals surface area contributed by atoms with E-state index in [4.69, 9.17) is 9.47 Å². The van der Waals surface area contributed by atoms with E-state index in [1.54, 1.807) is 6.20 Å². The first-order valence-corrected chi connectivity index (χ1v) is 19.2. The molecule has 0 radical (unpaired) electrons. The number of aliphatic hydroxyl groups excluding tert-OH is 1. The molecule has 4 rings (SSSR count). The van der Waals surface area contributed by atoms with Crippen LogP contribution in [-0.4, -0.2) is 71.5 Å². The van der Waals surface area contributed by atoms with Crippen LogP contribution in [0.4, 0.5) is 9.59 Å². The molecule has 304 valence electrons. The van der Waals surface area contributed by atoms with Gasteiger partial charge in [-0.2, -0.15) is 0 Å². The molecule has 57 heavy (non-hydrogen) atoms. The minimum atomic E-state index is -1.46. The summed E-state index contributed by atoms with van der Waals surface area (Å²) in [4.78, 5) is 57.7. The molecule has 0 saturated carbocycles. The van der Waals surface area contributed by atoms with Gasteiger partial charge < -0.3 is 35.8 Å². The molecule has 0 spiro atoms. The number of hydrogen-bond acceptors (Lipinski definition) is 8. The average molecular weight is 780 g/mol. The molecule has 0 aliphatic carbocycles. The van der Waals surface area contributed by atoms with Crippen molar-refractivity contribution in [3.05, 3.63) is 126 Å². The van der Waals surface area contributed by atoms with Gasteiger partial charge in [-0.3, -0.25) is 14.6 Å². The van der Waals surface area contributed by atoms with E-state index in [0.717, 1.165) is 27.9 Å². The molecule has 1 heterocycles. The van der Waals surface area contributed by atoms with Crippen LogP contribution in [0.5, 0.6) is 0 Å². The average Bonchev–Trinajstić information content (AvgIpc) is 3.18. The maximum Gasteiger partial charge on any atom is 0.407 e. The summed E-state index contributed by atoms with van der Waals surface area (Å²) in [5, 5.41) is 23.6. The molecular formula is C45H57N5O7. The van der Waals surface area contributed by atoms with Crippen molar-refractivity contribution in [3.8, 4) is 11.3 Å². The van der Waals surface area contributed by atoms with Gasteiger partial charge in [0, 0.05) is 24.3 Å². The van der Waals surface area contributed by atoms with E-state index < -0.39 is 65.2 Å². The highest BCUT2D eigenvalue weighted by atomic mass is 16.6. The Balaban J connectivity index is 1.61. The third kappa shape index (κ3) is 12.4. The van der Waals surface area contributed by atoms with Crippen molar-refractivity contribution in [2.75, 3.05) is 13.7 Å². The van der Waals surface area contributed by atoms with Gasteiger partial charge >= 0.3 is 12.2 Å². The molecule has 0 aliphatic rings. The monoisotopic (exact) mass is 779 g/mol. The Labute approximate surface area is 336 Å². The number of rotatable bonds is 16. The topological polar surface area (TPSA) is 168 Å². The zero-order valence-corrected chi connectivity index (χ0v) is 34.0. The van der Waals surface area contributed by atoms with Crippen molar-refractivity contribution in [1.82, 2.24) is 26.3 Å². The Bertz CT molecular complexity index is 1880. The van der Waals surface area contributed by atoms with Crippen LogP contribution in [0, 0.1) is 10.8 Å². The molecule has 4 aromatic rings. The van der Waals surface area contributed by atoms with Crippen LogP contribution in [0.2, 0.25) is 0 Å². The molecule has 0 aliphatic heterocycles. The van der Waals surface area contributed by atoms with Crippen LogP contribution >= 0.6 is 0 Å². The summed E-state index contributed by atoms with van der Waals surface area (Å²) in [6.07, 6.45) is -0.368. The number of alkyl carbamates (subject to hydrolysis) is 2. The molecule has 0 saturated heterocycles. The van der Waals surface area contributed by atoms with Crippen LogP contribution in [-0.2, 0) is 38.4 Å². The van der Waals surface area contributed by atoms with Gasteiger partial charge in [0.1, 0.15) is 5.54 Å². The fourth-order valence-electron chi connectivity index (χ4n) is 7.37. The first kappa shape index (κ1) is 44.0. The molecule has 12 nitrogen and oxygen atoms in total. The molecule has 3 atom stereocenters. The summed E-state index contributed by atoms with van der Waals surface area (Å²) in [5.41, 5.74) is 1.29. The number of carbonyl (C=O) groups is 4. The maximum absolute atomic E-state index is 14.8. The standard InChI is InChI=1S/C45H57N5O7/c1-43(2,3)45(44(4,5)6,50-42(55)56-7)40(53)48-35(26-32-21-23-34(24-22-32)36-20-14-15-25-46-36)28-38(51)37(27-31-16-10-8-11-17-31)49-39(52)30-57-41(54)47-29-33-18-12-9-13-19-33/h8-25,35,37-38,51H,26-30H2,1-7H3,(H,47,54)(H,48,53)(H,49,52)(H,50,55). The van der Waals surface area contributed by atoms with Crippen LogP contribution < -0.4 is 21.3 Å². The van der Waals surface area contributed by atoms with Gasteiger partial charge in [-0.25, -0.2) is 9.59 Å². The molecule has 1 aromatic heterocycles. The lowest BCUT2D eigenvalue weighted by Crippen LogP contribution is -2.72. The van der Waals surface area contributed by atoms with E-state index in [1.807, 2.05) is 145 Å². The smallest absolute Gasteiger partial charge is 0.407 e. The molecule has 0 fully saturated rings. The number of amides is 4. The molecule has 4 amide bonds. The number of hydrogen-bond donors (Lipinski definition) is 5. The number of nitrogens with zero attached hydrogens (tertiary/aromatic N) is 1. The van der Waals surface area contributed by atoms with Crippen molar-refractivity contribution < 1.29 is 33.8 Å². The Morgan fingerprint density at radius 1 is 0.702 bits per heavy atom. The second-order valence-corrected chi connectivity index (χ2v) is 16.2. The van der Waals surface area contributed by atoms with E-state index >= 15 is 0 Å². The van der Waals surface area contributed by atoms with Gasteiger partial charge in [0.2, 0.25) is 5.91 Å². The van der Waals surface area contributed by atoms with E-state index in [2.05, 4.69) is 26.3 Å². The summed E-state index contributed by atoms with van der Waals surface area (Å²) in [6, 6.07) is 30.7. The summed E-state index contributed by atoms with van der Waals surface area (Å²) in [5.74, 6) is -1.05. The molecule has 12 heteroatoms. The third-order valence-corrected chi connectivity index (χ3v) is 10.0. The minimum absolute atomic E-state index is 0.0204. The Kier molecular flexibility index (Phi) is 15.4. The summed E-state index contributed by atoms with van der Waals surface area (Å²) < 4.78 is 10.2. The third-order valence-electron chi connectivity index (χ3n) is 10.0. The van der Waals surface area contributed by atoms with Crippen molar-refractivity contribution >= 4 is 24.0 Å². The maximum atomic E-state index is 14.8. The second-order valence-electron chi connectivity index (χ2n) is 16.2. The number of nitrogens with one attached hydrogen (secondary N) is 4. The zero-order valence-electron chi connectivity index (χ0n) is 34.0. The highest BCUT2D eigenvalue weighted by Crippen LogP contribution is 2.44. The number of aromatic nitrogens is 1. The Hall–Kier alpha value is -5.75. The first-order valence-electron chi connectivity index (χ1n) is 19.2. The number of ether oxygens (including phenoxy) is 2. The van der Waals surface area contributed by atoms with Gasteiger partial charge in [-0.05, 0) is 58.9 Å². The lowest BCUT2D eigenvalue weighted by atomic mass is 9.59. The largest absolute Gasteiger partial charge is 0.453 e. The quantitative estimate of drug-likeness (QED) is 0.0875. The first-order chi connectivity index (χ1) is 27.0. The van der Waals surface area contributed by atoms with Crippen molar-refractivity contribution in [1.29, 1.82) is 0 Å². The highest BCUT2D eigenvalue weighted by molar-refractivity contribution is 5.92. The Morgan fingerprint density at radius 2 is 1.28 bits per heavy atom. The van der Waals surface area contributed by atoms with E-state index in [-0.39, 0.29) is 19.4 Å².